The fraction of sp³-hybridized carbons (Fsp3) is 0.250. The van der Waals surface area contributed by atoms with Crippen molar-refractivity contribution in [3.63, 3.8) is 0 Å². The van der Waals surface area contributed by atoms with Crippen LogP contribution in [-0.4, -0.2) is 8.42 Å². The van der Waals surface area contributed by atoms with Gasteiger partial charge in [0.2, 0.25) is 10.0 Å². The Labute approximate surface area is 90.3 Å². The summed E-state index contributed by atoms with van der Waals surface area (Å²) in [6.45, 7) is 1.45. The predicted molar refractivity (Wildman–Crippen MR) is 55.6 cm³/mol. The molecule has 0 aliphatic rings. The zero-order chi connectivity index (χ0) is 10.9. The van der Waals surface area contributed by atoms with E-state index in [0.29, 0.717) is 5.56 Å². The van der Waals surface area contributed by atoms with Crippen molar-refractivity contribution in [1.82, 2.24) is 0 Å². The van der Waals surface area contributed by atoms with Crippen LogP contribution in [0.1, 0.15) is 17.7 Å². The highest BCUT2D eigenvalue weighted by molar-refractivity contribution is 9.10. The fourth-order valence-electron chi connectivity index (χ4n) is 0.955. The first kappa shape index (κ1) is 11.6. The van der Waals surface area contributed by atoms with E-state index in [2.05, 4.69) is 15.9 Å². The minimum atomic E-state index is -3.63. The third kappa shape index (κ3) is 2.52. The maximum absolute atomic E-state index is 12.8. The first-order chi connectivity index (χ1) is 6.32. The second-order valence-electron chi connectivity index (χ2n) is 2.90. The van der Waals surface area contributed by atoms with Crippen LogP contribution in [-0.2, 0) is 10.0 Å². The fourth-order valence-corrected chi connectivity index (χ4v) is 1.88. The molecule has 0 aromatic heterocycles. The SMILES string of the molecule is CC(c1ccc(F)c(Br)c1)S(N)(=O)=O. The molecule has 0 amide bonds. The Morgan fingerprint density at radius 1 is 1.50 bits per heavy atom. The van der Waals surface area contributed by atoms with Crippen LogP contribution in [0.15, 0.2) is 22.7 Å². The van der Waals surface area contributed by atoms with Crippen molar-refractivity contribution in [2.24, 2.45) is 5.14 Å². The van der Waals surface area contributed by atoms with Gasteiger partial charge in [0.05, 0.1) is 9.72 Å². The average Bonchev–Trinajstić information content (AvgIpc) is 2.07. The molecule has 2 N–H and O–H groups in total. The molecule has 0 fully saturated rings. The minimum Gasteiger partial charge on any atom is -0.228 e. The molecule has 0 saturated carbocycles. The molecule has 0 radical (unpaired) electrons. The largest absolute Gasteiger partial charge is 0.228 e. The smallest absolute Gasteiger partial charge is 0.215 e. The van der Waals surface area contributed by atoms with Crippen molar-refractivity contribution in [3.8, 4) is 0 Å². The summed E-state index contributed by atoms with van der Waals surface area (Å²) in [4.78, 5) is 0. The number of hydrogen-bond donors (Lipinski definition) is 1. The number of nitrogens with two attached hydrogens (primary N) is 1. The number of halogens is 2. The van der Waals surface area contributed by atoms with Gasteiger partial charge in [0, 0.05) is 0 Å². The zero-order valence-corrected chi connectivity index (χ0v) is 9.77. The highest BCUT2D eigenvalue weighted by Crippen LogP contribution is 2.24. The van der Waals surface area contributed by atoms with Crippen LogP contribution in [0, 0.1) is 5.82 Å². The van der Waals surface area contributed by atoms with Gasteiger partial charge >= 0.3 is 0 Å². The standard InChI is InChI=1S/C8H9BrFNO2S/c1-5(14(11,12)13)6-2-3-8(10)7(9)4-6/h2-5H,1H3,(H2,11,12,13). The number of primary sulfonamides is 1. The number of benzene rings is 1. The molecule has 1 atom stereocenters. The summed E-state index contributed by atoms with van der Waals surface area (Å²) in [5.74, 6) is -0.435. The molecule has 1 rings (SSSR count). The van der Waals surface area contributed by atoms with Gasteiger partial charge < -0.3 is 0 Å². The van der Waals surface area contributed by atoms with Crippen molar-refractivity contribution < 1.29 is 12.8 Å². The molecule has 0 aliphatic heterocycles. The number of hydrogen-bond acceptors (Lipinski definition) is 2. The normalized spacial score (nSPS) is 14.0. The van der Waals surface area contributed by atoms with Crippen LogP contribution in [0.3, 0.4) is 0 Å². The van der Waals surface area contributed by atoms with E-state index in [1.807, 2.05) is 0 Å². The molecule has 1 unspecified atom stereocenters. The zero-order valence-electron chi connectivity index (χ0n) is 7.37. The van der Waals surface area contributed by atoms with Gasteiger partial charge in [0.15, 0.2) is 0 Å². The third-order valence-electron chi connectivity index (χ3n) is 1.91. The van der Waals surface area contributed by atoms with E-state index in [1.54, 1.807) is 0 Å². The maximum atomic E-state index is 12.8. The van der Waals surface area contributed by atoms with E-state index in [-0.39, 0.29) is 4.47 Å². The summed E-state index contributed by atoms with van der Waals surface area (Å²) in [6.07, 6.45) is 0. The molecule has 3 nitrogen and oxygen atoms in total. The molecular formula is C8H9BrFNO2S. The van der Waals surface area contributed by atoms with Gasteiger partial charge in [-0.15, -0.1) is 0 Å². The quantitative estimate of drug-likeness (QED) is 0.901. The molecule has 0 bridgehead atoms. The number of rotatable bonds is 2. The van der Waals surface area contributed by atoms with Gasteiger partial charge in [0.25, 0.3) is 0 Å². The topological polar surface area (TPSA) is 60.2 Å². The monoisotopic (exact) mass is 281 g/mol. The van der Waals surface area contributed by atoms with E-state index < -0.39 is 21.1 Å². The Hall–Kier alpha value is -0.460. The lowest BCUT2D eigenvalue weighted by Gasteiger charge is -2.09. The third-order valence-corrected chi connectivity index (χ3v) is 3.77. The summed E-state index contributed by atoms with van der Waals surface area (Å²) in [7, 11) is -3.63. The Morgan fingerprint density at radius 2 is 2.07 bits per heavy atom. The van der Waals surface area contributed by atoms with E-state index in [1.165, 1.54) is 25.1 Å². The molecule has 0 spiro atoms. The van der Waals surface area contributed by atoms with Crippen LogP contribution in [0.5, 0.6) is 0 Å². The Balaban J connectivity index is 3.16. The number of sulfonamides is 1. The van der Waals surface area contributed by atoms with Crippen LogP contribution in [0.2, 0.25) is 0 Å². The molecule has 78 valence electrons. The van der Waals surface area contributed by atoms with Gasteiger partial charge in [-0.05, 0) is 40.5 Å². The van der Waals surface area contributed by atoms with E-state index >= 15 is 0 Å². The summed E-state index contributed by atoms with van der Waals surface area (Å²) in [5, 5.41) is 4.13. The van der Waals surface area contributed by atoms with Gasteiger partial charge in [-0.1, -0.05) is 6.07 Å². The summed E-state index contributed by atoms with van der Waals surface area (Å²) in [6, 6.07) is 4.00. The van der Waals surface area contributed by atoms with Crippen molar-refractivity contribution >= 4 is 26.0 Å². The lowest BCUT2D eigenvalue weighted by Crippen LogP contribution is -2.19. The van der Waals surface area contributed by atoms with Crippen LogP contribution in [0.4, 0.5) is 4.39 Å². The second kappa shape index (κ2) is 3.96. The van der Waals surface area contributed by atoms with Crippen molar-refractivity contribution in [1.29, 1.82) is 0 Å². The van der Waals surface area contributed by atoms with Crippen LogP contribution < -0.4 is 5.14 Å². The van der Waals surface area contributed by atoms with Gasteiger partial charge in [-0.25, -0.2) is 17.9 Å². The predicted octanol–water partition coefficient (Wildman–Crippen LogP) is 1.94. The van der Waals surface area contributed by atoms with Crippen molar-refractivity contribution in [3.05, 3.63) is 34.1 Å². The highest BCUT2D eigenvalue weighted by atomic mass is 79.9. The summed E-state index contributed by atoms with van der Waals surface area (Å²) in [5.41, 5.74) is 0.459. The minimum absolute atomic E-state index is 0.227. The highest BCUT2D eigenvalue weighted by Gasteiger charge is 2.18. The molecule has 1 aromatic rings. The van der Waals surface area contributed by atoms with E-state index in [4.69, 9.17) is 5.14 Å². The molecular weight excluding hydrogens is 273 g/mol. The molecule has 0 saturated heterocycles. The van der Waals surface area contributed by atoms with Crippen molar-refractivity contribution in [2.75, 3.05) is 0 Å². The maximum Gasteiger partial charge on any atom is 0.215 e. The van der Waals surface area contributed by atoms with Crippen LogP contribution >= 0.6 is 15.9 Å². The Bertz CT molecular complexity index is 447. The Morgan fingerprint density at radius 3 is 2.50 bits per heavy atom. The van der Waals surface area contributed by atoms with Gasteiger partial charge in [0.1, 0.15) is 5.82 Å². The second-order valence-corrected chi connectivity index (χ2v) is 5.64. The van der Waals surface area contributed by atoms with Gasteiger partial charge in [-0.3, -0.25) is 0 Å². The Kier molecular flexibility index (Phi) is 3.28. The van der Waals surface area contributed by atoms with Crippen LogP contribution in [0.25, 0.3) is 0 Å². The molecule has 6 heteroatoms. The summed E-state index contributed by atoms with van der Waals surface area (Å²) < 4.78 is 35.1. The molecule has 0 aliphatic carbocycles. The van der Waals surface area contributed by atoms with Gasteiger partial charge in [-0.2, -0.15) is 0 Å². The first-order valence-electron chi connectivity index (χ1n) is 3.79. The van der Waals surface area contributed by atoms with Crippen molar-refractivity contribution in [2.45, 2.75) is 12.2 Å². The van der Waals surface area contributed by atoms with E-state index in [9.17, 15) is 12.8 Å². The lowest BCUT2D eigenvalue weighted by molar-refractivity contribution is 0.587. The average molecular weight is 282 g/mol. The summed E-state index contributed by atoms with van der Waals surface area (Å²) >= 11 is 2.97. The van der Waals surface area contributed by atoms with E-state index in [0.717, 1.165) is 0 Å². The molecule has 1 aromatic carbocycles. The molecule has 14 heavy (non-hydrogen) atoms. The first-order valence-corrected chi connectivity index (χ1v) is 6.19. The molecule has 0 heterocycles. The lowest BCUT2D eigenvalue weighted by atomic mass is 10.2.